The van der Waals surface area contributed by atoms with Gasteiger partial charge in [-0.1, -0.05) is 0 Å². The van der Waals surface area contributed by atoms with Crippen molar-refractivity contribution in [2.45, 2.75) is 30.7 Å². The third-order valence-corrected chi connectivity index (χ3v) is 4.30. The third-order valence-electron chi connectivity index (χ3n) is 4.30. The number of nitrogens with one attached hydrogen (secondary N) is 1. The number of aromatic hydroxyl groups is 1. The van der Waals surface area contributed by atoms with Crippen molar-refractivity contribution in [2.75, 3.05) is 6.61 Å². The molecule has 2 aliphatic heterocycles. The number of phenolic OH excluding ortho intramolecular Hbond substituents is 1. The molecule has 4 rings (SSSR count). The van der Waals surface area contributed by atoms with Gasteiger partial charge in [0.15, 0.2) is 17.6 Å². The van der Waals surface area contributed by atoms with Crippen LogP contribution in [0.25, 0.3) is 10.9 Å². The largest absolute Gasteiger partial charge is 0.504 e. The second-order valence-electron chi connectivity index (χ2n) is 5.73. The number of aliphatic hydroxyl groups excluding tert-OH is 3. The third kappa shape index (κ3) is 2.06. The molecular formula is C15H15NO8. The summed E-state index contributed by atoms with van der Waals surface area (Å²) in [5.74, 6) is -0.985. The highest BCUT2D eigenvalue weighted by atomic mass is 16.7. The number of aliphatic hydroxyl groups is 3. The number of carbonyl (C=O) groups excluding carboxylic acids is 1. The van der Waals surface area contributed by atoms with E-state index in [2.05, 4.69) is 4.98 Å². The number of rotatable bonds is 1. The summed E-state index contributed by atoms with van der Waals surface area (Å²) in [6.07, 6.45) is -5.32. The molecule has 0 aliphatic carbocycles. The smallest absolute Gasteiger partial charge is 0.341 e. The second kappa shape index (κ2) is 5.35. The minimum absolute atomic E-state index is 0.00400. The fourth-order valence-electron chi connectivity index (χ4n) is 3.04. The summed E-state index contributed by atoms with van der Waals surface area (Å²) < 4.78 is 16.3. The Morgan fingerprint density at radius 1 is 1.17 bits per heavy atom. The van der Waals surface area contributed by atoms with E-state index >= 15 is 0 Å². The topological polar surface area (TPSA) is 141 Å². The number of carbonyl (C=O) groups is 1. The second-order valence-corrected chi connectivity index (χ2v) is 5.73. The van der Waals surface area contributed by atoms with Crippen LogP contribution in [0.15, 0.2) is 18.3 Å². The minimum Gasteiger partial charge on any atom is -0.504 e. The van der Waals surface area contributed by atoms with Gasteiger partial charge in [-0.05, 0) is 12.1 Å². The van der Waals surface area contributed by atoms with Crippen molar-refractivity contribution in [3.63, 3.8) is 0 Å². The lowest BCUT2D eigenvalue weighted by molar-refractivity contribution is -0.277. The zero-order valence-electron chi connectivity index (χ0n) is 12.2. The van der Waals surface area contributed by atoms with E-state index in [0.29, 0.717) is 10.9 Å². The molecule has 1 saturated heterocycles. The van der Waals surface area contributed by atoms with Crippen molar-refractivity contribution in [2.24, 2.45) is 0 Å². The maximum absolute atomic E-state index is 12.4. The van der Waals surface area contributed by atoms with Gasteiger partial charge in [0.1, 0.15) is 18.3 Å². The van der Waals surface area contributed by atoms with Gasteiger partial charge in [0.25, 0.3) is 0 Å². The molecular weight excluding hydrogens is 322 g/mol. The van der Waals surface area contributed by atoms with Crippen LogP contribution in [0.1, 0.15) is 10.4 Å². The summed E-state index contributed by atoms with van der Waals surface area (Å²) in [4.78, 5) is 15.3. The van der Waals surface area contributed by atoms with Gasteiger partial charge in [-0.25, -0.2) is 4.79 Å². The number of ether oxygens (including phenoxy) is 3. The summed E-state index contributed by atoms with van der Waals surface area (Å²) in [5, 5.41) is 39.9. The Bertz CT molecular complexity index is 802. The molecule has 5 atom stereocenters. The average Bonchev–Trinajstić information content (AvgIpc) is 2.99. The van der Waals surface area contributed by atoms with Gasteiger partial charge in [0.05, 0.1) is 23.1 Å². The summed E-state index contributed by atoms with van der Waals surface area (Å²) in [6.45, 7) is -0.565. The van der Waals surface area contributed by atoms with Gasteiger partial charge < -0.3 is 39.6 Å². The SMILES string of the molecule is O=C1O[C@H]2[C@H](Oc3c(O)ccc4[nH]cc1c34)O[C@H](CO)[C@@H](O)[C@@H]2O. The predicted octanol–water partition coefficient (Wildman–Crippen LogP) is -0.770. The Morgan fingerprint density at radius 3 is 2.71 bits per heavy atom. The van der Waals surface area contributed by atoms with E-state index < -0.39 is 43.3 Å². The Morgan fingerprint density at radius 2 is 1.96 bits per heavy atom. The van der Waals surface area contributed by atoms with Gasteiger partial charge in [0.2, 0.25) is 6.29 Å². The molecule has 0 bridgehead atoms. The Hall–Kier alpha value is -2.33. The maximum Gasteiger partial charge on any atom is 0.341 e. The first-order valence-corrected chi connectivity index (χ1v) is 7.34. The van der Waals surface area contributed by atoms with Crippen LogP contribution < -0.4 is 4.74 Å². The number of hydrogen-bond donors (Lipinski definition) is 5. The van der Waals surface area contributed by atoms with E-state index in [9.17, 15) is 25.2 Å². The van der Waals surface area contributed by atoms with Crippen LogP contribution in [0.3, 0.4) is 0 Å². The normalized spacial score (nSPS) is 32.5. The molecule has 24 heavy (non-hydrogen) atoms. The van der Waals surface area contributed by atoms with E-state index in [4.69, 9.17) is 14.2 Å². The highest BCUT2D eigenvalue weighted by Crippen LogP contribution is 2.41. The molecule has 5 N–H and O–H groups in total. The molecule has 3 heterocycles. The number of fused-ring (bicyclic) bond motifs is 1. The number of aromatic nitrogens is 1. The molecule has 128 valence electrons. The van der Waals surface area contributed by atoms with Crippen molar-refractivity contribution in [1.29, 1.82) is 0 Å². The molecule has 0 unspecified atom stereocenters. The molecule has 1 fully saturated rings. The van der Waals surface area contributed by atoms with Crippen LogP contribution in [-0.4, -0.2) is 68.7 Å². The van der Waals surface area contributed by atoms with Gasteiger partial charge in [-0.3, -0.25) is 0 Å². The number of phenols is 1. The van der Waals surface area contributed by atoms with Crippen molar-refractivity contribution in [3.05, 3.63) is 23.9 Å². The monoisotopic (exact) mass is 337 g/mol. The van der Waals surface area contributed by atoms with Crippen LogP contribution in [0, 0.1) is 0 Å². The molecule has 0 saturated carbocycles. The first-order chi connectivity index (χ1) is 11.5. The molecule has 2 aliphatic rings. The van der Waals surface area contributed by atoms with E-state index in [1.54, 1.807) is 6.07 Å². The van der Waals surface area contributed by atoms with E-state index in [-0.39, 0.29) is 17.1 Å². The van der Waals surface area contributed by atoms with Crippen LogP contribution in [0.2, 0.25) is 0 Å². The first kappa shape index (κ1) is 15.2. The zero-order chi connectivity index (χ0) is 17.0. The molecule has 9 heteroatoms. The first-order valence-electron chi connectivity index (χ1n) is 7.34. The van der Waals surface area contributed by atoms with Crippen LogP contribution in [0.5, 0.6) is 11.5 Å². The zero-order valence-corrected chi connectivity index (χ0v) is 12.2. The Balaban J connectivity index is 1.85. The minimum atomic E-state index is -1.52. The van der Waals surface area contributed by atoms with Gasteiger partial charge in [-0.15, -0.1) is 0 Å². The molecule has 0 amide bonds. The van der Waals surface area contributed by atoms with E-state index in [1.807, 2.05) is 0 Å². The standard InChI is InChI=1S/C15H15NO8/c17-4-8-10(19)11(20)13-15(22-8)24-12-7(18)2-1-6-9(12)5(3-16-6)14(21)23-13/h1-3,8,10-11,13,15-20H,4H2/t8-,10-,11+,13-,15+/m1/s1. The number of benzene rings is 1. The van der Waals surface area contributed by atoms with E-state index in [1.165, 1.54) is 12.3 Å². The lowest BCUT2D eigenvalue weighted by Crippen LogP contribution is -2.61. The van der Waals surface area contributed by atoms with Crippen molar-refractivity contribution < 1.29 is 39.4 Å². The summed E-state index contributed by atoms with van der Waals surface area (Å²) in [6, 6.07) is 2.96. The molecule has 0 spiro atoms. The van der Waals surface area contributed by atoms with Gasteiger partial charge in [-0.2, -0.15) is 0 Å². The lowest BCUT2D eigenvalue weighted by Gasteiger charge is -2.41. The van der Waals surface area contributed by atoms with Gasteiger partial charge >= 0.3 is 5.97 Å². The van der Waals surface area contributed by atoms with Crippen molar-refractivity contribution in [1.82, 2.24) is 4.98 Å². The van der Waals surface area contributed by atoms with Crippen LogP contribution >= 0.6 is 0 Å². The molecule has 0 radical (unpaired) electrons. The highest BCUT2D eigenvalue weighted by Gasteiger charge is 2.49. The maximum atomic E-state index is 12.4. The predicted molar refractivity (Wildman–Crippen MR) is 77.6 cm³/mol. The van der Waals surface area contributed by atoms with Crippen molar-refractivity contribution in [3.8, 4) is 11.5 Å². The van der Waals surface area contributed by atoms with Crippen LogP contribution in [-0.2, 0) is 9.47 Å². The van der Waals surface area contributed by atoms with Crippen molar-refractivity contribution >= 4 is 16.9 Å². The number of hydrogen-bond acceptors (Lipinski definition) is 8. The average molecular weight is 337 g/mol. The number of H-pyrrole nitrogens is 1. The fraction of sp³-hybridized carbons (Fsp3) is 0.400. The fourth-order valence-corrected chi connectivity index (χ4v) is 3.04. The number of aromatic amines is 1. The highest BCUT2D eigenvalue weighted by molar-refractivity contribution is 6.07. The Labute approximate surface area is 135 Å². The van der Waals surface area contributed by atoms with Gasteiger partial charge in [0, 0.05) is 6.20 Å². The summed E-state index contributed by atoms with van der Waals surface area (Å²) in [7, 11) is 0. The molecule has 1 aromatic heterocycles. The molecule has 9 nitrogen and oxygen atoms in total. The number of esters is 1. The Kier molecular flexibility index (Phi) is 3.39. The van der Waals surface area contributed by atoms with Crippen LogP contribution in [0.4, 0.5) is 0 Å². The quantitative estimate of drug-likeness (QED) is 0.427. The molecule has 1 aromatic carbocycles. The summed E-state index contributed by atoms with van der Waals surface area (Å²) in [5.41, 5.74) is 0.670. The van der Waals surface area contributed by atoms with E-state index in [0.717, 1.165) is 0 Å². The summed E-state index contributed by atoms with van der Waals surface area (Å²) >= 11 is 0. The molecule has 2 aromatic rings. The lowest BCUT2D eigenvalue weighted by atomic mass is 9.98.